The number of phenols is 1. The first-order chi connectivity index (χ1) is 20.3. The van der Waals surface area contributed by atoms with Crippen LogP contribution in [0.25, 0.3) is 6.08 Å². The number of methoxy groups -OCH3 is 1. The molecule has 5 rings (SSSR count). The molecule has 0 spiro atoms. The lowest BCUT2D eigenvalue weighted by Gasteiger charge is -2.63. The molecule has 0 aromatic heterocycles. The number of carbonyl (C=O) groups is 1. The molecule has 3 saturated carbocycles. The summed E-state index contributed by atoms with van der Waals surface area (Å²) in [5.41, 5.74) is 3.35. The molecule has 0 heterocycles. The predicted octanol–water partition coefficient (Wildman–Crippen LogP) is 10.0. The van der Waals surface area contributed by atoms with Crippen molar-refractivity contribution in [2.45, 2.75) is 119 Å². The third kappa shape index (κ3) is 5.82. The van der Waals surface area contributed by atoms with Crippen LogP contribution in [0.1, 0.15) is 118 Å². The number of hydrogen-bond acceptors (Lipinski definition) is 4. The summed E-state index contributed by atoms with van der Waals surface area (Å²) in [7, 11) is 1.52. The number of aromatic hydroxyl groups is 1. The maximum atomic E-state index is 12.7. The number of rotatable bonds is 9. The lowest BCUT2D eigenvalue weighted by molar-refractivity contribution is -0.146. The first-order valence-electron chi connectivity index (χ1n) is 17.3. The highest BCUT2D eigenvalue weighted by molar-refractivity contribution is 5.87. The van der Waals surface area contributed by atoms with Gasteiger partial charge in [-0.2, -0.15) is 0 Å². The first kappa shape index (κ1) is 32.2. The molecular formula is C39H58O4. The molecule has 1 N–H and O–H groups in total. The zero-order valence-corrected chi connectivity index (χ0v) is 28.2. The van der Waals surface area contributed by atoms with Gasteiger partial charge < -0.3 is 14.6 Å². The van der Waals surface area contributed by atoms with Gasteiger partial charge in [-0.15, -0.1) is 0 Å². The van der Waals surface area contributed by atoms with Gasteiger partial charge in [-0.25, -0.2) is 4.79 Å². The van der Waals surface area contributed by atoms with E-state index in [-0.39, 0.29) is 23.2 Å². The van der Waals surface area contributed by atoms with E-state index >= 15 is 0 Å². The van der Waals surface area contributed by atoms with Gasteiger partial charge in [0.05, 0.1) is 7.11 Å². The molecule has 0 aliphatic heterocycles. The van der Waals surface area contributed by atoms with Gasteiger partial charge in [0, 0.05) is 12.5 Å². The molecule has 0 saturated heterocycles. The molecular weight excluding hydrogens is 532 g/mol. The highest BCUT2D eigenvalue weighted by Crippen LogP contribution is 2.72. The van der Waals surface area contributed by atoms with E-state index < -0.39 is 0 Å². The Bertz CT molecular complexity index is 1230. The van der Waals surface area contributed by atoms with Gasteiger partial charge in [0.25, 0.3) is 0 Å². The minimum Gasteiger partial charge on any atom is -0.504 e. The number of benzene rings is 1. The van der Waals surface area contributed by atoms with Crippen molar-refractivity contribution in [1.82, 2.24) is 0 Å². The SMILES string of the molecule is COc1ccc(/C=C/C(=O)O[C@H]2CC[C@@]3(C)C(=CC[C@@H]4[C@@H]3CC[C@]3(C)[C@@H]([C@H](C)CC[C@@H](C)C(C)C)CC[C@@]43C)C2)cc1O. The summed E-state index contributed by atoms with van der Waals surface area (Å²) in [6.45, 7) is 17.7. The van der Waals surface area contributed by atoms with Crippen molar-refractivity contribution in [3.05, 3.63) is 41.5 Å². The highest BCUT2D eigenvalue weighted by atomic mass is 16.5. The highest BCUT2D eigenvalue weighted by Gasteiger charge is 2.64. The summed E-state index contributed by atoms with van der Waals surface area (Å²) in [6.07, 6.45) is 18.0. The van der Waals surface area contributed by atoms with Gasteiger partial charge in [0.15, 0.2) is 11.5 Å². The fourth-order valence-corrected chi connectivity index (χ4v) is 10.3. The van der Waals surface area contributed by atoms with E-state index in [9.17, 15) is 9.90 Å². The minimum absolute atomic E-state index is 0.0583. The first-order valence-corrected chi connectivity index (χ1v) is 17.3. The van der Waals surface area contributed by atoms with Crippen LogP contribution < -0.4 is 4.74 Å². The van der Waals surface area contributed by atoms with Gasteiger partial charge >= 0.3 is 5.97 Å². The largest absolute Gasteiger partial charge is 0.504 e. The van der Waals surface area contributed by atoms with Crippen molar-refractivity contribution in [2.24, 2.45) is 51.8 Å². The molecule has 4 nitrogen and oxygen atoms in total. The van der Waals surface area contributed by atoms with E-state index in [1.54, 1.807) is 23.8 Å². The molecule has 0 radical (unpaired) electrons. The van der Waals surface area contributed by atoms with E-state index in [2.05, 4.69) is 54.5 Å². The minimum atomic E-state index is -0.312. The van der Waals surface area contributed by atoms with E-state index in [1.165, 1.54) is 58.1 Å². The van der Waals surface area contributed by atoms with Crippen molar-refractivity contribution in [3.63, 3.8) is 0 Å². The average Bonchev–Trinajstić information content (AvgIpc) is 3.25. The van der Waals surface area contributed by atoms with Gasteiger partial charge in [-0.3, -0.25) is 0 Å². The smallest absolute Gasteiger partial charge is 0.331 e. The number of phenolic OH excluding ortho intramolecular Hbond substituents is 1. The zero-order chi connectivity index (χ0) is 31.2. The Morgan fingerprint density at radius 3 is 2.44 bits per heavy atom. The summed E-state index contributed by atoms with van der Waals surface area (Å²) in [4.78, 5) is 12.7. The number of carbonyl (C=O) groups excluding carboxylic acids is 1. The third-order valence-corrected chi connectivity index (χ3v) is 13.8. The third-order valence-electron chi connectivity index (χ3n) is 13.8. The zero-order valence-electron chi connectivity index (χ0n) is 28.2. The number of esters is 1. The quantitative estimate of drug-likeness (QED) is 0.177. The molecule has 9 atom stereocenters. The van der Waals surface area contributed by atoms with Crippen LogP contribution in [0.3, 0.4) is 0 Å². The van der Waals surface area contributed by atoms with Crippen LogP contribution in [0.5, 0.6) is 11.5 Å². The second-order valence-electron chi connectivity index (χ2n) is 16.0. The molecule has 1 aromatic carbocycles. The molecule has 4 aliphatic rings. The lowest BCUT2D eigenvalue weighted by Crippen LogP contribution is -2.55. The standard InChI is InChI=1S/C39H58O4/c1-25(2)26(3)9-10-27(4)31-18-21-39(7)33-14-13-29-24-30(17-20-37(29,5)32(33)19-22-38(31,39)6)43-36(41)16-12-28-11-15-35(42-8)34(40)23-28/h11-13,15-16,23,25-27,30-33,40H,9-10,14,17-22,24H2,1-8H3/b16-12+/t26-,27-,30+,31-,32+,33-,37+,38-,39+/m1/s1. The lowest BCUT2D eigenvalue weighted by atomic mass is 9.42. The molecule has 0 bridgehead atoms. The van der Waals surface area contributed by atoms with Crippen LogP contribution in [-0.2, 0) is 9.53 Å². The van der Waals surface area contributed by atoms with Gasteiger partial charge in [-0.1, -0.05) is 79.0 Å². The Balaban J connectivity index is 1.23. The normalized spacial score (nSPS) is 36.8. The average molecular weight is 591 g/mol. The van der Waals surface area contributed by atoms with Crippen molar-refractivity contribution in [3.8, 4) is 11.5 Å². The second-order valence-corrected chi connectivity index (χ2v) is 16.0. The topological polar surface area (TPSA) is 55.8 Å². The molecule has 0 amide bonds. The van der Waals surface area contributed by atoms with E-state index in [0.717, 1.165) is 60.3 Å². The summed E-state index contributed by atoms with van der Waals surface area (Å²) in [5.74, 6) is 4.91. The predicted molar refractivity (Wildman–Crippen MR) is 176 cm³/mol. The van der Waals surface area contributed by atoms with Gasteiger partial charge in [0.1, 0.15) is 6.10 Å². The van der Waals surface area contributed by atoms with Crippen molar-refractivity contribution in [2.75, 3.05) is 7.11 Å². The van der Waals surface area contributed by atoms with Crippen molar-refractivity contribution < 1.29 is 19.4 Å². The van der Waals surface area contributed by atoms with Crippen molar-refractivity contribution >= 4 is 12.0 Å². The Hall–Kier alpha value is -2.23. The van der Waals surface area contributed by atoms with Crippen LogP contribution in [0.4, 0.5) is 0 Å². The summed E-state index contributed by atoms with van der Waals surface area (Å²) >= 11 is 0. The number of ether oxygens (including phenoxy) is 2. The monoisotopic (exact) mass is 590 g/mol. The van der Waals surface area contributed by atoms with Crippen LogP contribution in [0, 0.1) is 51.8 Å². The van der Waals surface area contributed by atoms with Gasteiger partial charge in [-0.05, 0) is 120 Å². The summed E-state index contributed by atoms with van der Waals surface area (Å²) in [5, 5.41) is 10.0. The van der Waals surface area contributed by atoms with Crippen LogP contribution in [0.2, 0.25) is 0 Å². The number of allylic oxidation sites excluding steroid dienone is 1. The summed E-state index contributed by atoms with van der Waals surface area (Å²) < 4.78 is 11.1. The summed E-state index contributed by atoms with van der Waals surface area (Å²) in [6, 6.07) is 5.10. The molecule has 43 heavy (non-hydrogen) atoms. The van der Waals surface area contributed by atoms with E-state index in [4.69, 9.17) is 9.47 Å². The van der Waals surface area contributed by atoms with E-state index in [1.807, 2.05) is 6.07 Å². The number of hydrogen-bond donors (Lipinski definition) is 1. The molecule has 4 aliphatic carbocycles. The van der Waals surface area contributed by atoms with Gasteiger partial charge in [0.2, 0.25) is 0 Å². The van der Waals surface area contributed by atoms with Crippen LogP contribution in [0.15, 0.2) is 35.9 Å². The van der Waals surface area contributed by atoms with Crippen LogP contribution >= 0.6 is 0 Å². The molecule has 1 aromatic rings. The molecule has 3 fully saturated rings. The Morgan fingerprint density at radius 1 is 1.00 bits per heavy atom. The Labute approximate surface area is 261 Å². The Kier molecular flexibility index (Phi) is 9.19. The Morgan fingerprint density at radius 2 is 1.74 bits per heavy atom. The number of fused-ring (bicyclic) bond motifs is 5. The molecule has 238 valence electrons. The maximum absolute atomic E-state index is 12.7. The molecule has 0 unspecified atom stereocenters. The van der Waals surface area contributed by atoms with Crippen LogP contribution in [-0.4, -0.2) is 24.3 Å². The fraction of sp³-hybridized carbons (Fsp3) is 0.718. The molecule has 4 heteroatoms. The maximum Gasteiger partial charge on any atom is 0.331 e. The fourth-order valence-electron chi connectivity index (χ4n) is 10.3. The second kappa shape index (κ2) is 12.3. The van der Waals surface area contributed by atoms with E-state index in [0.29, 0.717) is 16.6 Å². The van der Waals surface area contributed by atoms with Crippen molar-refractivity contribution in [1.29, 1.82) is 0 Å².